The van der Waals surface area contributed by atoms with Crippen molar-refractivity contribution in [2.75, 3.05) is 29.5 Å². The molecule has 206 valence electrons. The number of carbonyl (C=O) groups is 2. The van der Waals surface area contributed by atoms with Crippen LogP contribution in [-0.4, -0.2) is 54.8 Å². The standard InChI is InChI=1S/C30H28N8O3/c31-28-25-26(19-11-13-20(14-12-19)29(39)35-24-10-4-5-15-32-24)36-38(22-9-6-16-37(18-22)30(40)41)27(25)23(17-33-28)34-21-7-2-1-3-8-21/h1-5,7-8,10-15,17,22,34H,6,9,16,18H2,(H2,31,33)(H,40,41)(H,32,35,39)/t22-/m1/s1. The van der Waals surface area contributed by atoms with Crippen molar-refractivity contribution in [3.05, 3.63) is 90.8 Å². The van der Waals surface area contributed by atoms with Crippen molar-refractivity contribution in [2.24, 2.45) is 0 Å². The summed E-state index contributed by atoms with van der Waals surface area (Å²) in [6, 6.07) is 21.9. The fourth-order valence-electron chi connectivity index (χ4n) is 5.16. The normalized spacial score (nSPS) is 15.0. The molecule has 0 unspecified atom stereocenters. The number of rotatable bonds is 6. The number of fused-ring (bicyclic) bond motifs is 1. The van der Waals surface area contributed by atoms with Crippen LogP contribution in [-0.2, 0) is 0 Å². The lowest BCUT2D eigenvalue weighted by atomic mass is 10.0. The molecule has 6 rings (SSSR count). The first kappa shape index (κ1) is 25.8. The van der Waals surface area contributed by atoms with Crippen LogP contribution in [0.2, 0.25) is 0 Å². The van der Waals surface area contributed by atoms with Crippen LogP contribution in [0.5, 0.6) is 0 Å². The zero-order valence-corrected chi connectivity index (χ0v) is 22.1. The predicted molar refractivity (Wildman–Crippen MR) is 157 cm³/mol. The summed E-state index contributed by atoms with van der Waals surface area (Å²) in [6.07, 6.45) is 3.82. The number of aromatic nitrogens is 4. The number of nitrogen functional groups attached to an aromatic ring is 1. The maximum Gasteiger partial charge on any atom is 0.407 e. The summed E-state index contributed by atoms with van der Waals surface area (Å²) in [7, 11) is 0. The number of pyridine rings is 2. The first-order valence-electron chi connectivity index (χ1n) is 13.3. The average Bonchev–Trinajstić information content (AvgIpc) is 3.42. The van der Waals surface area contributed by atoms with E-state index in [1.54, 1.807) is 42.7 Å². The van der Waals surface area contributed by atoms with Crippen LogP contribution in [0.15, 0.2) is 85.2 Å². The lowest BCUT2D eigenvalue weighted by Crippen LogP contribution is -2.40. The third-order valence-corrected chi connectivity index (χ3v) is 7.15. The summed E-state index contributed by atoms with van der Waals surface area (Å²) in [5.41, 5.74) is 10.6. The molecule has 3 aromatic heterocycles. The van der Waals surface area contributed by atoms with Crippen molar-refractivity contribution in [1.29, 1.82) is 0 Å². The van der Waals surface area contributed by atoms with Gasteiger partial charge in [0.05, 0.1) is 28.8 Å². The zero-order valence-electron chi connectivity index (χ0n) is 22.1. The highest BCUT2D eigenvalue weighted by Crippen LogP contribution is 2.39. The van der Waals surface area contributed by atoms with Crippen molar-refractivity contribution in [3.8, 4) is 11.3 Å². The van der Waals surface area contributed by atoms with Crippen LogP contribution < -0.4 is 16.4 Å². The largest absolute Gasteiger partial charge is 0.465 e. The molecule has 4 heterocycles. The second kappa shape index (κ2) is 11.0. The molecular formula is C30H28N8O3. The van der Waals surface area contributed by atoms with Gasteiger partial charge >= 0.3 is 6.09 Å². The summed E-state index contributed by atoms with van der Waals surface area (Å²) in [6.45, 7) is 0.796. The molecule has 0 saturated carbocycles. The average molecular weight is 549 g/mol. The molecule has 1 aliphatic rings. The number of anilines is 4. The number of carbonyl (C=O) groups excluding carboxylic acids is 1. The lowest BCUT2D eigenvalue weighted by molar-refractivity contribution is 0.102. The number of hydrogen-bond donors (Lipinski definition) is 4. The number of piperidine rings is 1. The predicted octanol–water partition coefficient (Wildman–Crippen LogP) is 5.39. The van der Waals surface area contributed by atoms with E-state index in [2.05, 4.69) is 20.6 Å². The molecule has 1 fully saturated rings. The number of benzene rings is 2. The Balaban J connectivity index is 1.42. The van der Waals surface area contributed by atoms with E-state index in [4.69, 9.17) is 10.8 Å². The summed E-state index contributed by atoms with van der Waals surface area (Å²) in [5, 5.41) is 21.6. The number of nitrogens with one attached hydrogen (secondary N) is 2. The summed E-state index contributed by atoms with van der Waals surface area (Å²) < 4.78 is 1.88. The maximum absolute atomic E-state index is 12.8. The van der Waals surface area contributed by atoms with Crippen LogP contribution in [0.3, 0.4) is 0 Å². The Bertz CT molecular complexity index is 1710. The molecule has 2 amide bonds. The van der Waals surface area contributed by atoms with Gasteiger partial charge in [0.2, 0.25) is 0 Å². The first-order valence-corrected chi connectivity index (χ1v) is 13.3. The van der Waals surface area contributed by atoms with Crippen molar-refractivity contribution >= 4 is 45.9 Å². The summed E-state index contributed by atoms with van der Waals surface area (Å²) in [4.78, 5) is 34.6. The molecule has 5 N–H and O–H groups in total. The van der Waals surface area contributed by atoms with E-state index in [0.717, 1.165) is 29.6 Å². The van der Waals surface area contributed by atoms with Gasteiger partial charge in [-0.15, -0.1) is 0 Å². The molecule has 0 aliphatic carbocycles. The van der Waals surface area contributed by atoms with E-state index in [1.807, 2.05) is 47.1 Å². The van der Waals surface area contributed by atoms with E-state index < -0.39 is 6.09 Å². The van der Waals surface area contributed by atoms with Crippen LogP contribution in [0.1, 0.15) is 29.2 Å². The topological polar surface area (TPSA) is 151 Å². The Kier molecular flexibility index (Phi) is 6.90. The molecule has 1 atom stereocenters. The molecule has 11 heteroatoms. The molecule has 11 nitrogen and oxygen atoms in total. The van der Waals surface area contributed by atoms with Gasteiger partial charge in [-0.05, 0) is 49.2 Å². The van der Waals surface area contributed by atoms with Crippen LogP contribution in [0, 0.1) is 0 Å². The molecule has 2 aromatic carbocycles. The van der Waals surface area contributed by atoms with Crippen LogP contribution >= 0.6 is 0 Å². The van der Waals surface area contributed by atoms with Crippen molar-refractivity contribution in [2.45, 2.75) is 18.9 Å². The van der Waals surface area contributed by atoms with Gasteiger partial charge in [0.1, 0.15) is 17.3 Å². The van der Waals surface area contributed by atoms with Gasteiger partial charge < -0.3 is 26.4 Å². The van der Waals surface area contributed by atoms with Crippen molar-refractivity contribution < 1.29 is 14.7 Å². The van der Waals surface area contributed by atoms with Gasteiger partial charge in [-0.1, -0.05) is 36.4 Å². The Morgan fingerprint density at radius 2 is 1.76 bits per heavy atom. The monoisotopic (exact) mass is 548 g/mol. The first-order chi connectivity index (χ1) is 20.0. The summed E-state index contributed by atoms with van der Waals surface area (Å²) in [5.74, 6) is 0.492. The van der Waals surface area contributed by atoms with Gasteiger partial charge in [-0.2, -0.15) is 5.10 Å². The number of likely N-dealkylation sites (tertiary alicyclic amines) is 1. The Hall–Kier alpha value is -5.45. The third-order valence-electron chi connectivity index (χ3n) is 7.15. The molecular weight excluding hydrogens is 520 g/mol. The van der Waals surface area contributed by atoms with Gasteiger partial charge in [0, 0.05) is 36.1 Å². The maximum atomic E-state index is 12.8. The van der Waals surface area contributed by atoms with Crippen LogP contribution in [0.4, 0.5) is 27.8 Å². The minimum Gasteiger partial charge on any atom is -0.465 e. The van der Waals surface area contributed by atoms with Crippen molar-refractivity contribution in [1.82, 2.24) is 24.6 Å². The highest BCUT2D eigenvalue weighted by atomic mass is 16.4. The number of carboxylic acid groups (broad SMARTS) is 1. The van der Waals surface area contributed by atoms with Crippen molar-refractivity contribution in [3.63, 3.8) is 0 Å². The number of para-hydroxylation sites is 1. The van der Waals surface area contributed by atoms with E-state index in [0.29, 0.717) is 47.1 Å². The van der Waals surface area contributed by atoms with E-state index in [9.17, 15) is 14.7 Å². The molecule has 0 radical (unpaired) electrons. The minimum absolute atomic E-state index is 0.197. The second-order valence-electron chi connectivity index (χ2n) is 9.84. The van der Waals surface area contributed by atoms with Gasteiger partial charge in [-0.25, -0.2) is 14.8 Å². The van der Waals surface area contributed by atoms with E-state index in [1.165, 1.54) is 4.90 Å². The molecule has 0 bridgehead atoms. The third kappa shape index (κ3) is 5.24. The fourth-order valence-corrected chi connectivity index (χ4v) is 5.16. The Morgan fingerprint density at radius 3 is 2.49 bits per heavy atom. The zero-order chi connectivity index (χ0) is 28.3. The van der Waals surface area contributed by atoms with Gasteiger partial charge in [0.15, 0.2) is 0 Å². The number of amides is 2. The lowest BCUT2D eigenvalue weighted by Gasteiger charge is -2.31. The number of hydrogen-bond acceptors (Lipinski definition) is 7. The van der Waals surface area contributed by atoms with E-state index in [-0.39, 0.29) is 11.9 Å². The minimum atomic E-state index is -0.949. The second-order valence-corrected chi connectivity index (χ2v) is 9.84. The van der Waals surface area contributed by atoms with E-state index >= 15 is 0 Å². The van der Waals surface area contributed by atoms with Gasteiger partial charge in [-0.3, -0.25) is 9.48 Å². The molecule has 1 saturated heterocycles. The van der Waals surface area contributed by atoms with Gasteiger partial charge in [0.25, 0.3) is 5.91 Å². The fraction of sp³-hybridized carbons (Fsp3) is 0.167. The molecule has 0 spiro atoms. The van der Waals surface area contributed by atoms with Crippen LogP contribution in [0.25, 0.3) is 22.2 Å². The smallest absolute Gasteiger partial charge is 0.407 e. The highest BCUT2D eigenvalue weighted by Gasteiger charge is 2.29. The Morgan fingerprint density at radius 1 is 0.976 bits per heavy atom. The quantitative estimate of drug-likeness (QED) is 0.221. The highest BCUT2D eigenvalue weighted by molar-refractivity contribution is 6.07. The molecule has 41 heavy (non-hydrogen) atoms. The molecule has 5 aromatic rings. The SMILES string of the molecule is Nc1ncc(Nc2ccccc2)c2c1c(-c1ccc(C(=O)Nc3ccccn3)cc1)nn2[C@@H]1CCCN(C(=O)O)C1. The molecule has 1 aliphatic heterocycles. The number of nitrogens with two attached hydrogens (primary N) is 1. The Labute approximate surface area is 235 Å². The number of nitrogens with zero attached hydrogens (tertiary/aromatic N) is 5. The summed E-state index contributed by atoms with van der Waals surface area (Å²) >= 11 is 0.